The molecule has 0 N–H and O–H groups in total. The highest BCUT2D eigenvalue weighted by Crippen LogP contribution is 2.23. The van der Waals surface area contributed by atoms with Crippen LogP contribution < -0.4 is 0 Å². The number of benzene rings is 1. The van der Waals surface area contributed by atoms with E-state index in [1.807, 2.05) is 12.1 Å². The van der Waals surface area contributed by atoms with Crippen molar-refractivity contribution in [1.29, 1.82) is 0 Å². The van der Waals surface area contributed by atoms with Crippen molar-refractivity contribution < 1.29 is 4.79 Å². The molecule has 84 valence electrons. The van der Waals surface area contributed by atoms with E-state index in [-0.39, 0.29) is 5.78 Å². The predicted molar refractivity (Wildman–Crippen MR) is 66.7 cm³/mol. The maximum Gasteiger partial charge on any atom is 0.134 e. The van der Waals surface area contributed by atoms with Crippen LogP contribution in [-0.2, 0) is 17.8 Å². The Morgan fingerprint density at radius 2 is 2.12 bits per heavy atom. The summed E-state index contributed by atoms with van der Waals surface area (Å²) in [5.41, 5.74) is 3.63. The van der Waals surface area contributed by atoms with E-state index in [2.05, 4.69) is 30.5 Å². The molecule has 0 unspecified atom stereocenters. The molecule has 0 atom stereocenters. The summed E-state index contributed by atoms with van der Waals surface area (Å²) in [7, 11) is 0. The van der Waals surface area contributed by atoms with Crippen molar-refractivity contribution in [3.05, 3.63) is 35.5 Å². The largest absolute Gasteiger partial charge is 0.345 e. The van der Waals surface area contributed by atoms with Crippen LogP contribution in [0.3, 0.4) is 0 Å². The SMILES string of the molecule is CCn1c(C)cc2c(CC(C)=O)cccc21. The number of carbonyl (C=O) groups excluding carboxylic acids is 1. The van der Waals surface area contributed by atoms with Crippen molar-refractivity contribution >= 4 is 16.7 Å². The fraction of sp³-hybridized carbons (Fsp3) is 0.357. The molecule has 2 heteroatoms. The molecule has 2 rings (SSSR count). The second-order valence-corrected chi connectivity index (χ2v) is 4.26. The third kappa shape index (κ3) is 1.75. The number of aryl methyl sites for hydroxylation is 2. The van der Waals surface area contributed by atoms with Gasteiger partial charge in [0.25, 0.3) is 0 Å². The molecular weight excluding hydrogens is 198 g/mol. The lowest BCUT2D eigenvalue weighted by atomic mass is 10.1. The maximum atomic E-state index is 11.2. The van der Waals surface area contributed by atoms with Crippen molar-refractivity contribution in [1.82, 2.24) is 4.57 Å². The molecule has 0 aliphatic rings. The second-order valence-electron chi connectivity index (χ2n) is 4.26. The van der Waals surface area contributed by atoms with E-state index < -0.39 is 0 Å². The number of Topliss-reactive ketones (excluding diaryl/α,β-unsaturated/α-hetero) is 1. The topological polar surface area (TPSA) is 22.0 Å². The number of aromatic nitrogens is 1. The van der Waals surface area contributed by atoms with Crippen LogP contribution in [0.4, 0.5) is 0 Å². The van der Waals surface area contributed by atoms with Gasteiger partial charge in [0.05, 0.1) is 0 Å². The van der Waals surface area contributed by atoms with E-state index in [0.717, 1.165) is 12.1 Å². The summed E-state index contributed by atoms with van der Waals surface area (Å²) in [6, 6.07) is 8.38. The zero-order chi connectivity index (χ0) is 11.7. The molecule has 0 amide bonds. The van der Waals surface area contributed by atoms with Gasteiger partial charge in [0.15, 0.2) is 0 Å². The van der Waals surface area contributed by atoms with Gasteiger partial charge in [0.1, 0.15) is 5.78 Å². The van der Waals surface area contributed by atoms with Crippen molar-refractivity contribution in [3.63, 3.8) is 0 Å². The molecule has 0 radical (unpaired) electrons. The first-order valence-corrected chi connectivity index (χ1v) is 5.70. The Morgan fingerprint density at radius 1 is 1.38 bits per heavy atom. The molecule has 1 aromatic carbocycles. The summed E-state index contributed by atoms with van der Waals surface area (Å²) in [5, 5.41) is 1.22. The van der Waals surface area contributed by atoms with Crippen LogP contribution in [0.15, 0.2) is 24.3 Å². The molecule has 0 saturated carbocycles. The van der Waals surface area contributed by atoms with E-state index in [1.54, 1.807) is 6.92 Å². The van der Waals surface area contributed by atoms with Gasteiger partial charge in [-0.05, 0) is 38.5 Å². The van der Waals surface area contributed by atoms with Crippen LogP contribution in [0.25, 0.3) is 10.9 Å². The molecule has 0 aliphatic carbocycles. The van der Waals surface area contributed by atoms with Crippen molar-refractivity contribution in [2.75, 3.05) is 0 Å². The van der Waals surface area contributed by atoms with Crippen LogP contribution in [-0.4, -0.2) is 10.4 Å². The minimum atomic E-state index is 0.217. The number of hydrogen-bond donors (Lipinski definition) is 0. The van der Waals surface area contributed by atoms with Crippen LogP contribution in [0.2, 0.25) is 0 Å². The first-order chi connectivity index (χ1) is 7.63. The third-order valence-corrected chi connectivity index (χ3v) is 3.00. The minimum Gasteiger partial charge on any atom is -0.345 e. The smallest absolute Gasteiger partial charge is 0.134 e. The van der Waals surface area contributed by atoms with Gasteiger partial charge in [-0.25, -0.2) is 0 Å². The Kier molecular flexibility index (Phi) is 2.82. The average molecular weight is 215 g/mol. The maximum absolute atomic E-state index is 11.2. The van der Waals surface area contributed by atoms with E-state index in [9.17, 15) is 4.79 Å². The van der Waals surface area contributed by atoms with Gasteiger partial charge in [0, 0.05) is 29.6 Å². The van der Waals surface area contributed by atoms with E-state index in [4.69, 9.17) is 0 Å². The molecule has 0 aliphatic heterocycles. The quantitative estimate of drug-likeness (QED) is 0.771. The number of fused-ring (bicyclic) bond motifs is 1. The first-order valence-electron chi connectivity index (χ1n) is 5.70. The van der Waals surface area contributed by atoms with Crippen LogP contribution in [0.5, 0.6) is 0 Å². The summed E-state index contributed by atoms with van der Waals surface area (Å²) in [6.07, 6.45) is 0.532. The number of carbonyl (C=O) groups is 1. The van der Waals surface area contributed by atoms with Crippen molar-refractivity contribution in [3.8, 4) is 0 Å². The number of hydrogen-bond acceptors (Lipinski definition) is 1. The lowest BCUT2D eigenvalue weighted by molar-refractivity contribution is -0.116. The average Bonchev–Trinajstić information content (AvgIpc) is 2.54. The molecular formula is C14H17NO. The molecule has 0 bridgehead atoms. The fourth-order valence-corrected chi connectivity index (χ4v) is 2.32. The molecule has 0 fully saturated rings. The summed E-state index contributed by atoms with van der Waals surface area (Å²) < 4.78 is 2.28. The molecule has 1 heterocycles. The van der Waals surface area contributed by atoms with Crippen molar-refractivity contribution in [2.45, 2.75) is 33.7 Å². The van der Waals surface area contributed by atoms with Gasteiger partial charge in [-0.3, -0.25) is 4.79 Å². The number of nitrogens with zero attached hydrogens (tertiary/aromatic N) is 1. The lowest BCUT2D eigenvalue weighted by Crippen LogP contribution is -1.98. The highest BCUT2D eigenvalue weighted by Gasteiger charge is 2.08. The monoisotopic (exact) mass is 215 g/mol. The van der Waals surface area contributed by atoms with Gasteiger partial charge in [-0.1, -0.05) is 12.1 Å². The zero-order valence-electron chi connectivity index (χ0n) is 10.1. The molecule has 2 nitrogen and oxygen atoms in total. The fourth-order valence-electron chi connectivity index (χ4n) is 2.32. The Labute approximate surface area is 95.9 Å². The summed E-state index contributed by atoms with van der Waals surface area (Å²) in [5.74, 6) is 0.217. The van der Waals surface area contributed by atoms with Crippen LogP contribution >= 0.6 is 0 Å². The molecule has 16 heavy (non-hydrogen) atoms. The predicted octanol–water partition coefficient (Wildman–Crippen LogP) is 3.10. The molecule has 2 aromatic rings. The highest BCUT2D eigenvalue weighted by atomic mass is 16.1. The second kappa shape index (κ2) is 4.12. The zero-order valence-corrected chi connectivity index (χ0v) is 10.1. The van der Waals surface area contributed by atoms with Gasteiger partial charge in [-0.15, -0.1) is 0 Å². The van der Waals surface area contributed by atoms with E-state index >= 15 is 0 Å². The van der Waals surface area contributed by atoms with E-state index in [0.29, 0.717) is 6.42 Å². The number of rotatable bonds is 3. The summed E-state index contributed by atoms with van der Waals surface area (Å²) >= 11 is 0. The Bertz CT molecular complexity index is 537. The number of ketones is 1. The molecule has 0 saturated heterocycles. The van der Waals surface area contributed by atoms with Crippen molar-refractivity contribution in [2.24, 2.45) is 0 Å². The Balaban J connectivity index is 2.64. The lowest BCUT2D eigenvalue weighted by Gasteiger charge is -2.05. The Hall–Kier alpha value is -1.57. The third-order valence-electron chi connectivity index (χ3n) is 3.00. The highest BCUT2D eigenvalue weighted by molar-refractivity contribution is 5.89. The standard InChI is InChI=1S/C14H17NO/c1-4-15-10(2)8-13-12(9-11(3)16)6-5-7-14(13)15/h5-8H,4,9H2,1-3H3. The summed E-state index contributed by atoms with van der Waals surface area (Å²) in [6.45, 7) is 6.87. The van der Waals surface area contributed by atoms with Gasteiger partial charge >= 0.3 is 0 Å². The van der Waals surface area contributed by atoms with Gasteiger partial charge in [0.2, 0.25) is 0 Å². The minimum absolute atomic E-state index is 0.217. The van der Waals surface area contributed by atoms with E-state index in [1.165, 1.54) is 16.6 Å². The van der Waals surface area contributed by atoms with Gasteiger partial charge < -0.3 is 4.57 Å². The normalized spacial score (nSPS) is 10.9. The summed E-state index contributed by atoms with van der Waals surface area (Å²) in [4.78, 5) is 11.2. The Morgan fingerprint density at radius 3 is 2.75 bits per heavy atom. The first kappa shape index (κ1) is 10.9. The molecule has 0 spiro atoms. The van der Waals surface area contributed by atoms with Crippen LogP contribution in [0.1, 0.15) is 25.1 Å². The van der Waals surface area contributed by atoms with Gasteiger partial charge in [-0.2, -0.15) is 0 Å². The van der Waals surface area contributed by atoms with Crippen LogP contribution in [0, 0.1) is 6.92 Å². The molecule has 1 aromatic heterocycles.